The molecule has 2 N–H and O–H groups in total. The summed E-state index contributed by atoms with van der Waals surface area (Å²) >= 11 is 0. The molecule has 1 aliphatic rings. The van der Waals surface area contributed by atoms with Crippen LogP contribution >= 0.6 is 0 Å². The van der Waals surface area contributed by atoms with Crippen LogP contribution in [0.4, 0.5) is 5.69 Å². The number of para-hydroxylation sites is 2. The van der Waals surface area contributed by atoms with E-state index in [0.29, 0.717) is 25.3 Å². The number of carbonyl (C=O) groups excluding carboxylic acids is 1. The van der Waals surface area contributed by atoms with Gasteiger partial charge in [-0.05, 0) is 12.1 Å². The van der Waals surface area contributed by atoms with Crippen molar-refractivity contribution < 1.29 is 9.53 Å². The molecule has 0 radical (unpaired) electrons. The molecule has 1 aliphatic heterocycles. The fraction of sp³-hybridized carbons (Fsp3) is 0.357. The molecule has 0 saturated heterocycles. The first-order valence-electron chi connectivity index (χ1n) is 6.84. The summed E-state index contributed by atoms with van der Waals surface area (Å²) in [6.07, 6.45) is 1.76. The zero-order valence-corrected chi connectivity index (χ0v) is 11.7. The summed E-state index contributed by atoms with van der Waals surface area (Å²) < 4.78 is 7.53. The van der Waals surface area contributed by atoms with Crippen molar-refractivity contribution in [1.82, 2.24) is 20.1 Å². The van der Waals surface area contributed by atoms with Crippen LogP contribution in [-0.4, -0.2) is 39.9 Å². The fourth-order valence-electron chi connectivity index (χ4n) is 2.20. The largest absolute Gasteiger partial charge is 0.477 e. The number of anilines is 1. The van der Waals surface area contributed by atoms with E-state index in [4.69, 9.17) is 4.74 Å². The van der Waals surface area contributed by atoms with E-state index in [1.165, 1.54) is 0 Å². The molecule has 2 aromatic rings. The lowest BCUT2D eigenvalue weighted by Gasteiger charge is -2.26. The maximum Gasteiger partial charge on any atom is 0.262 e. The summed E-state index contributed by atoms with van der Waals surface area (Å²) in [6.45, 7) is 0.972. The molecular weight excluding hydrogens is 270 g/mol. The van der Waals surface area contributed by atoms with Crippen LogP contribution in [-0.2, 0) is 18.3 Å². The van der Waals surface area contributed by atoms with Gasteiger partial charge in [0.15, 0.2) is 6.10 Å². The average molecular weight is 287 g/mol. The van der Waals surface area contributed by atoms with E-state index in [-0.39, 0.29) is 5.91 Å². The van der Waals surface area contributed by atoms with Crippen molar-refractivity contribution in [1.29, 1.82) is 0 Å². The predicted molar refractivity (Wildman–Crippen MR) is 77.1 cm³/mol. The Bertz CT molecular complexity index is 640. The molecule has 21 heavy (non-hydrogen) atoms. The van der Waals surface area contributed by atoms with E-state index in [1.807, 2.05) is 35.9 Å². The molecule has 0 bridgehead atoms. The number of carbonyl (C=O) groups is 1. The number of ether oxygens (including phenoxy) is 1. The summed E-state index contributed by atoms with van der Waals surface area (Å²) in [6, 6.07) is 7.59. The molecule has 7 heteroatoms. The van der Waals surface area contributed by atoms with E-state index >= 15 is 0 Å². The van der Waals surface area contributed by atoms with E-state index in [1.54, 1.807) is 6.33 Å². The number of benzene rings is 1. The van der Waals surface area contributed by atoms with Gasteiger partial charge in [-0.3, -0.25) is 4.79 Å². The Kier molecular flexibility index (Phi) is 3.72. The Morgan fingerprint density at radius 2 is 2.38 bits per heavy atom. The summed E-state index contributed by atoms with van der Waals surface area (Å²) in [4.78, 5) is 12.1. The molecule has 3 rings (SSSR count). The predicted octanol–water partition coefficient (Wildman–Crippen LogP) is 0.347. The SMILES string of the molecule is Cn1cnnc1CCNC(=O)C1CNc2ccccc2O1. The average Bonchev–Trinajstić information content (AvgIpc) is 2.92. The standard InChI is InChI=1S/C14H17N5O2/c1-19-9-17-18-13(19)6-7-15-14(20)12-8-16-10-4-2-3-5-11(10)21-12/h2-5,9,12,16H,6-8H2,1H3,(H,15,20). The number of aryl methyl sites for hydroxylation is 1. The number of hydrogen-bond donors (Lipinski definition) is 2. The normalized spacial score (nSPS) is 16.5. The highest BCUT2D eigenvalue weighted by molar-refractivity contribution is 5.83. The van der Waals surface area contributed by atoms with Crippen molar-refractivity contribution in [3.63, 3.8) is 0 Å². The quantitative estimate of drug-likeness (QED) is 0.848. The second-order valence-corrected chi connectivity index (χ2v) is 4.88. The Morgan fingerprint density at radius 1 is 1.52 bits per heavy atom. The zero-order chi connectivity index (χ0) is 14.7. The van der Waals surface area contributed by atoms with Gasteiger partial charge in [0.05, 0.1) is 12.2 Å². The van der Waals surface area contributed by atoms with Gasteiger partial charge in [-0.1, -0.05) is 12.1 Å². The zero-order valence-electron chi connectivity index (χ0n) is 11.7. The van der Waals surface area contributed by atoms with Crippen molar-refractivity contribution in [2.45, 2.75) is 12.5 Å². The van der Waals surface area contributed by atoms with Crippen LogP contribution in [0.3, 0.4) is 0 Å². The molecule has 1 amide bonds. The van der Waals surface area contributed by atoms with Crippen LogP contribution in [0.25, 0.3) is 0 Å². The number of nitrogens with one attached hydrogen (secondary N) is 2. The van der Waals surface area contributed by atoms with Gasteiger partial charge in [-0.2, -0.15) is 0 Å². The van der Waals surface area contributed by atoms with Gasteiger partial charge in [0.1, 0.15) is 17.9 Å². The summed E-state index contributed by atoms with van der Waals surface area (Å²) in [5.74, 6) is 1.42. The number of aromatic nitrogens is 3. The highest BCUT2D eigenvalue weighted by Crippen LogP contribution is 2.28. The van der Waals surface area contributed by atoms with Crippen LogP contribution in [0, 0.1) is 0 Å². The number of nitrogens with zero attached hydrogens (tertiary/aromatic N) is 3. The highest BCUT2D eigenvalue weighted by atomic mass is 16.5. The summed E-state index contributed by atoms with van der Waals surface area (Å²) in [5.41, 5.74) is 0.917. The molecule has 0 aliphatic carbocycles. The van der Waals surface area contributed by atoms with Crippen LogP contribution in [0.1, 0.15) is 5.82 Å². The molecule has 1 aromatic heterocycles. The molecule has 110 valence electrons. The first-order chi connectivity index (χ1) is 10.2. The Hall–Kier alpha value is -2.57. The second kappa shape index (κ2) is 5.82. The number of rotatable bonds is 4. The van der Waals surface area contributed by atoms with Gasteiger partial charge in [-0.25, -0.2) is 0 Å². The minimum absolute atomic E-state index is 0.126. The Morgan fingerprint density at radius 3 is 3.19 bits per heavy atom. The molecule has 1 aromatic carbocycles. The van der Waals surface area contributed by atoms with Crippen molar-refractivity contribution in [3.8, 4) is 5.75 Å². The third kappa shape index (κ3) is 2.96. The third-order valence-electron chi connectivity index (χ3n) is 3.38. The van der Waals surface area contributed by atoms with Crippen molar-refractivity contribution in [2.75, 3.05) is 18.4 Å². The van der Waals surface area contributed by atoms with Gasteiger partial charge < -0.3 is 19.9 Å². The van der Waals surface area contributed by atoms with E-state index in [9.17, 15) is 4.79 Å². The van der Waals surface area contributed by atoms with Crippen LogP contribution in [0.15, 0.2) is 30.6 Å². The molecule has 0 spiro atoms. The van der Waals surface area contributed by atoms with Crippen molar-refractivity contribution in [3.05, 3.63) is 36.4 Å². The van der Waals surface area contributed by atoms with E-state index in [0.717, 1.165) is 11.5 Å². The maximum atomic E-state index is 12.1. The summed E-state index contributed by atoms with van der Waals surface area (Å²) in [5, 5.41) is 13.8. The minimum Gasteiger partial charge on any atom is -0.477 e. The smallest absolute Gasteiger partial charge is 0.262 e. The van der Waals surface area contributed by atoms with Gasteiger partial charge in [-0.15, -0.1) is 10.2 Å². The molecule has 7 nitrogen and oxygen atoms in total. The first-order valence-corrected chi connectivity index (χ1v) is 6.84. The Balaban J connectivity index is 1.52. The van der Waals surface area contributed by atoms with Crippen molar-refractivity contribution >= 4 is 11.6 Å². The second-order valence-electron chi connectivity index (χ2n) is 4.88. The lowest BCUT2D eigenvalue weighted by Crippen LogP contribution is -2.45. The minimum atomic E-state index is -0.514. The first kappa shape index (κ1) is 13.4. The number of hydrogen-bond acceptors (Lipinski definition) is 5. The Labute approximate surface area is 122 Å². The molecule has 2 heterocycles. The van der Waals surface area contributed by atoms with E-state index < -0.39 is 6.10 Å². The van der Waals surface area contributed by atoms with Crippen LogP contribution in [0.5, 0.6) is 5.75 Å². The highest BCUT2D eigenvalue weighted by Gasteiger charge is 2.25. The summed E-state index contributed by atoms with van der Waals surface area (Å²) in [7, 11) is 1.88. The topological polar surface area (TPSA) is 81.1 Å². The van der Waals surface area contributed by atoms with Crippen LogP contribution < -0.4 is 15.4 Å². The number of amides is 1. The van der Waals surface area contributed by atoms with Gasteiger partial charge >= 0.3 is 0 Å². The lowest BCUT2D eigenvalue weighted by molar-refractivity contribution is -0.127. The molecule has 1 atom stereocenters. The molecule has 0 saturated carbocycles. The molecule has 0 fully saturated rings. The molecule has 1 unspecified atom stereocenters. The third-order valence-corrected chi connectivity index (χ3v) is 3.38. The maximum absolute atomic E-state index is 12.1. The van der Waals surface area contributed by atoms with Crippen molar-refractivity contribution in [2.24, 2.45) is 7.05 Å². The number of fused-ring (bicyclic) bond motifs is 1. The van der Waals surface area contributed by atoms with Gasteiger partial charge in [0.25, 0.3) is 5.91 Å². The van der Waals surface area contributed by atoms with E-state index in [2.05, 4.69) is 20.8 Å². The van der Waals surface area contributed by atoms with Gasteiger partial charge in [0.2, 0.25) is 0 Å². The monoisotopic (exact) mass is 287 g/mol. The van der Waals surface area contributed by atoms with Crippen LogP contribution in [0.2, 0.25) is 0 Å². The fourth-order valence-corrected chi connectivity index (χ4v) is 2.20. The molecular formula is C14H17N5O2. The van der Waals surface area contributed by atoms with Gasteiger partial charge in [0, 0.05) is 20.0 Å². The lowest BCUT2D eigenvalue weighted by atomic mass is 10.2.